The maximum absolute atomic E-state index is 12.9. The number of benzene rings is 1. The van der Waals surface area contributed by atoms with Crippen molar-refractivity contribution in [3.8, 4) is 0 Å². The van der Waals surface area contributed by atoms with E-state index in [2.05, 4.69) is 16.4 Å². The molecule has 142 valence electrons. The minimum Gasteiger partial charge on any atom is -0.611 e. The quantitative estimate of drug-likeness (QED) is 0.588. The molecule has 0 spiro atoms. The predicted molar refractivity (Wildman–Crippen MR) is 108 cm³/mol. The summed E-state index contributed by atoms with van der Waals surface area (Å²) in [4.78, 5) is 17.9. The SMILES string of the molecule is O=C(Nc1nccs1)C(=CC1CCOCC1)c1ccc([S+]([O-])C2CC2)cc1. The fourth-order valence-electron chi connectivity index (χ4n) is 3.11. The number of nitrogens with one attached hydrogen (secondary N) is 1. The van der Waals surface area contributed by atoms with Crippen molar-refractivity contribution in [2.75, 3.05) is 18.5 Å². The van der Waals surface area contributed by atoms with Crippen molar-refractivity contribution in [2.45, 2.75) is 35.8 Å². The van der Waals surface area contributed by atoms with E-state index in [0.29, 0.717) is 21.9 Å². The van der Waals surface area contributed by atoms with Crippen molar-refractivity contribution in [1.29, 1.82) is 0 Å². The van der Waals surface area contributed by atoms with Crippen LogP contribution < -0.4 is 5.32 Å². The van der Waals surface area contributed by atoms with Crippen LogP contribution >= 0.6 is 11.3 Å². The van der Waals surface area contributed by atoms with Gasteiger partial charge < -0.3 is 9.29 Å². The predicted octanol–water partition coefficient (Wildman–Crippen LogP) is 3.86. The number of aromatic nitrogens is 1. The highest BCUT2D eigenvalue weighted by molar-refractivity contribution is 7.92. The van der Waals surface area contributed by atoms with Crippen molar-refractivity contribution < 1.29 is 14.1 Å². The first-order valence-corrected chi connectivity index (χ1v) is 11.3. The Hall–Kier alpha value is -1.67. The summed E-state index contributed by atoms with van der Waals surface area (Å²) in [5.74, 6) is 0.156. The second kappa shape index (κ2) is 8.56. The number of carbonyl (C=O) groups excluding carboxylic acids is 1. The largest absolute Gasteiger partial charge is 0.611 e. The Bertz CT molecular complexity index is 795. The van der Waals surface area contributed by atoms with Gasteiger partial charge in [-0.05, 0) is 59.8 Å². The van der Waals surface area contributed by atoms with E-state index < -0.39 is 11.2 Å². The van der Waals surface area contributed by atoms with Crippen molar-refractivity contribution >= 4 is 39.1 Å². The Morgan fingerprint density at radius 1 is 1.22 bits per heavy atom. The van der Waals surface area contributed by atoms with Crippen molar-refractivity contribution in [3.63, 3.8) is 0 Å². The summed E-state index contributed by atoms with van der Waals surface area (Å²) >= 11 is 0.463. The van der Waals surface area contributed by atoms with Gasteiger partial charge in [0.25, 0.3) is 5.91 Å². The first kappa shape index (κ1) is 18.7. The summed E-state index contributed by atoms with van der Waals surface area (Å²) < 4.78 is 17.8. The monoisotopic (exact) mass is 402 g/mol. The van der Waals surface area contributed by atoms with Crippen molar-refractivity contribution in [1.82, 2.24) is 4.98 Å². The van der Waals surface area contributed by atoms with E-state index in [-0.39, 0.29) is 5.91 Å². The fourth-order valence-corrected chi connectivity index (χ4v) is 4.99. The van der Waals surface area contributed by atoms with E-state index in [0.717, 1.165) is 49.4 Å². The van der Waals surface area contributed by atoms with E-state index in [1.807, 2.05) is 29.6 Å². The van der Waals surface area contributed by atoms with E-state index in [1.165, 1.54) is 11.3 Å². The molecule has 1 aromatic heterocycles. The van der Waals surface area contributed by atoms with Gasteiger partial charge in [-0.2, -0.15) is 0 Å². The highest BCUT2D eigenvalue weighted by Gasteiger charge is 2.35. The number of thiazole rings is 1. The summed E-state index contributed by atoms with van der Waals surface area (Å²) in [6.45, 7) is 1.45. The second-order valence-corrected chi connectivity index (χ2v) is 9.47. The molecule has 1 saturated carbocycles. The third kappa shape index (κ3) is 4.79. The van der Waals surface area contributed by atoms with Crippen LogP contribution in [0.4, 0.5) is 5.13 Å². The standard InChI is InChI=1S/C20H22N2O3S2/c23-19(22-20-21-9-12-26-20)18(13-14-7-10-25-11-8-14)15-1-3-16(4-2-15)27(24)17-5-6-17/h1-4,9,12-14,17H,5-8,10-11H2,(H,21,22,23). The number of anilines is 1. The van der Waals surface area contributed by atoms with Gasteiger partial charge in [0.05, 0.1) is 0 Å². The lowest BCUT2D eigenvalue weighted by Crippen LogP contribution is -2.18. The molecular weight excluding hydrogens is 380 g/mol. The van der Waals surface area contributed by atoms with Crippen LogP contribution in [0, 0.1) is 5.92 Å². The maximum Gasteiger partial charge on any atom is 0.257 e. The van der Waals surface area contributed by atoms with E-state index in [4.69, 9.17) is 4.74 Å². The molecule has 1 atom stereocenters. The normalized spacial score (nSPS) is 19.7. The summed E-state index contributed by atoms with van der Waals surface area (Å²) in [5.41, 5.74) is 1.48. The summed E-state index contributed by atoms with van der Waals surface area (Å²) in [6, 6.07) is 7.58. The molecule has 7 heteroatoms. The third-order valence-electron chi connectivity index (χ3n) is 4.79. The van der Waals surface area contributed by atoms with Gasteiger partial charge in [0.1, 0.15) is 5.25 Å². The van der Waals surface area contributed by atoms with Gasteiger partial charge in [-0.15, -0.1) is 11.3 Å². The molecule has 27 heavy (non-hydrogen) atoms. The van der Waals surface area contributed by atoms with Gasteiger partial charge in [-0.3, -0.25) is 10.1 Å². The molecule has 1 aliphatic carbocycles. The highest BCUT2D eigenvalue weighted by Crippen LogP contribution is 2.34. The molecule has 2 aromatic rings. The van der Waals surface area contributed by atoms with Crippen molar-refractivity contribution in [2.24, 2.45) is 5.92 Å². The fraction of sp³-hybridized carbons (Fsp3) is 0.400. The zero-order chi connectivity index (χ0) is 18.6. The molecule has 0 radical (unpaired) electrons. The number of ether oxygens (including phenoxy) is 1. The number of carbonyl (C=O) groups is 1. The minimum absolute atomic E-state index is 0.160. The molecule has 1 aliphatic heterocycles. The lowest BCUT2D eigenvalue weighted by molar-refractivity contribution is -0.111. The summed E-state index contributed by atoms with van der Waals surface area (Å²) in [7, 11) is 0. The molecule has 2 heterocycles. The van der Waals surface area contributed by atoms with Crippen LogP contribution in [0.25, 0.3) is 5.57 Å². The third-order valence-corrected chi connectivity index (χ3v) is 7.29. The van der Waals surface area contributed by atoms with Gasteiger partial charge in [-0.1, -0.05) is 6.08 Å². The molecule has 1 N–H and O–H groups in total. The van der Waals surface area contributed by atoms with Gasteiger partial charge in [-0.25, -0.2) is 4.98 Å². The van der Waals surface area contributed by atoms with Crippen molar-refractivity contribution in [3.05, 3.63) is 47.5 Å². The molecule has 4 rings (SSSR count). The Morgan fingerprint density at radius 2 is 1.96 bits per heavy atom. The smallest absolute Gasteiger partial charge is 0.257 e. The average Bonchev–Trinajstić information content (AvgIpc) is 3.44. The Balaban J connectivity index is 1.58. The van der Waals surface area contributed by atoms with E-state index >= 15 is 0 Å². The Morgan fingerprint density at radius 3 is 2.59 bits per heavy atom. The molecular formula is C20H22N2O3S2. The molecule has 1 aromatic carbocycles. The topological polar surface area (TPSA) is 74.3 Å². The zero-order valence-corrected chi connectivity index (χ0v) is 16.6. The van der Waals surface area contributed by atoms with E-state index in [9.17, 15) is 9.35 Å². The number of allylic oxidation sites excluding steroid dienone is 1. The maximum atomic E-state index is 12.9. The van der Waals surface area contributed by atoms with Gasteiger partial charge >= 0.3 is 0 Å². The number of hydrogen-bond acceptors (Lipinski definition) is 5. The second-order valence-electron chi connectivity index (χ2n) is 6.84. The van der Waals surface area contributed by atoms with E-state index in [1.54, 1.807) is 6.20 Å². The lowest BCUT2D eigenvalue weighted by Gasteiger charge is -2.20. The molecule has 1 amide bonds. The van der Waals surface area contributed by atoms with Crippen LogP contribution in [-0.2, 0) is 20.7 Å². The Labute approximate surface area is 166 Å². The van der Waals surface area contributed by atoms with Gasteiger partial charge in [0, 0.05) is 43.2 Å². The number of amides is 1. The molecule has 1 saturated heterocycles. The highest BCUT2D eigenvalue weighted by atomic mass is 32.2. The van der Waals surface area contributed by atoms with Crippen LogP contribution in [0.2, 0.25) is 0 Å². The number of rotatable bonds is 6. The summed E-state index contributed by atoms with van der Waals surface area (Å²) in [6.07, 6.45) is 7.64. The number of hydrogen-bond donors (Lipinski definition) is 1. The zero-order valence-electron chi connectivity index (χ0n) is 14.9. The number of nitrogens with zero attached hydrogens (tertiary/aromatic N) is 1. The van der Waals surface area contributed by atoms with Crippen LogP contribution in [0.3, 0.4) is 0 Å². The van der Waals surface area contributed by atoms with Crippen LogP contribution in [0.15, 0.2) is 46.8 Å². The summed E-state index contributed by atoms with van der Waals surface area (Å²) in [5, 5.41) is 5.61. The van der Waals surface area contributed by atoms with Crippen LogP contribution in [-0.4, -0.2) is 33.9 Å². The molecule has 2 fully saturated rings. The van der Waals surface area contributed by atoms with Crippen LogP contribution in [0.1, 0.15) is 31.2 Å². The molecule has 1 unspecified atom stereocenters. The average molecular weight is 403 g/mol. The minimum atomic E-state index is -0.933. The first-order valence-electron chi connectivity index (χ1n) is 9.22. The van der Waals surface area contributed by atoms with Crippen LogP contribution in [0.5, 0.6) is 0 Å². The first-order chi connectivity index (χ1) is 13.2. The lowest BCUT2D eigenvalue weighted by atomic mass is 9.94. The molecule has 2 aliphatic rings. The molecule has 5 nitrogen and oxygen atoms in total. The molecule has 0 bridgehead atoms. The van der Waals surface area contributed by atoms with Gasteiger partial charge in [0.2, 0.25) is 0 Å². The Kier molecular flexibility index (Phi) is 5.92. The van der Waals surface area contributed by atoms with Gasteiger partial charge in [0.15, 0.2) is 10.0 Å².